The van der Waals surface area contributed by atoms with Crippen molar-refractivity contribution in [2.75, 3.05) is 4.90 Å². The molecule has 20 heavy (non-hydrogen) atoms. The Kier molecular flexibility index (Phi) is 2.33. The summed E-state index contributed by atoms with van der Waals surface area (Å²) in [6, 6.07) is 12.8. The van der Waals surface area contributed by atoms with Crippen LogP contribution in [0.1, 0.15) is 12.8 Å². The van der Waals surface area contributed by atoms with Crippen LogP contribution in [-0.4, -0.2) is 18.0 Å². The van der Waals surface area contributed by atoms with Crippen LogP contribution in [0, 0.1) is 5.92 Å². The SMILES string of the molecule is O=C1N[C@@H](C2CC2)C(=O)N1c1cccc2ccccc12. The lowest BCUT2D eigenvalue weighted by molar-refractivity contribution is -0.118. The van der Waals surface area contributed by atoms with E-state index in [1.54, 1.807) is 0 Å². The van der Waals surface area contributed by atoms with Crippen molar-refractivity contribution < 1.29 is 9.59 Å². The summed E-state index contributed by atoms with van der Waals surface area (Å²) in [5.41, 5.74) is 0.675. The number of amides is 3. The van der Waals surface area contributed by atoms with Gasteiger partial charge < -0.3 is 5.32 Å². The Bertz CT molecular complexity index is 716. The van der Waals surface area contributed by atoms with E-state index >= 15 is 0 Å². The summed E-state index contributed by atoms with van der Waals surface area (Å²) in [6.45, 7) is 0. The van der Waals surface area contributed by atoms with Gasteiger partial charge in [0.05, 0.1) is 5.69 Å². The Labute approximate surface area is 116 Å². The summed E-state index contributed by atoms with van der Waals surface area (Å²) in [4.78, 5) is 25.9. The molecule has 0 aromatic heterocycles. The van der Waals surface area contributed by atoms with E-state index in [2.05, 4.69) is 5.32 Å². The Morgan fingerprint density at radius 2 is 1.75 bits per heavy atom. The number of hydrogen-bond donors (Lipinski definition) is 1. The molecule has 1 saturated carbocycles. The number of carbonyl (C=O) groups excluding carboxylic acids is 2. The number of benzene rings is 2. The molecule has 3 amide bonds. The number of nitrogens with zero attached hydrogens (tertiary/aromatic N) is 1. The van der Waals surface area contributed by atoms with Crippen LogP contribution in [0.15, 0.2) is 42.5 Å². The van der Waals surface area contributed by atoms with Gasteiger partial charge in [-0.1, -0.05) is 36.4 Å². The van der Waals surface area contributed by atoms with Crippen LogP contribution in [0.5, 0.6) is 0 Å². The van der Waals surface area contributed by atoms with Gasteiger partial charge in [-0.3, -0.25) is 4.79 Å². The van der Waals surface area contributed by atoms with Gasteiger partial charge in [-0.25, -0.2) is 9.69 Å². The number of nitrogens with one attached hydrogen (secondary N) is 1. The highest BCUT2D eigenvalue weighted by molar-refractivity contribution is 6.24. The molecular formula is C16H14N2O2. The van der Waals surface area contributed by atoms with Crippen LogP contribution >= 0.6 is 0 Å². The predicted molar refractivity (Wildman–Crippen MR) is 76.5 cm³/mol. The smallest absolute Gasteiger partial charge is 0.325 e. The van der Waals surface area contributed by atoms with E-state index < -0.39 is 0 Å². The zero-order valence-electron chi connectivity index (χ0n) is 10.9. The van der Waals surface area contributed by atoms with Gasteiger partial charge in [0.15, 0.2) is 0 Å². The van der Waals surface area contributed by atoms with Gasteiger partial charge in [0.1, 0.15) is 6.04 Å². The number of imide groups is 1. The van der Waals surface area contributed by atoms with Crippen LogP contribution in [-0.2, 0) is 4.79 Å². The first-order valence-corrected chi connectivity index (χ1v) is 6.88. The molecular weight excluding hydrogens is 252 g/mol. The maximum absolute atomic E-state index is 12.5. The largest absolute Gasteiger partial charge is 0.329 e. The summed E-state index contributed by atoms with van der Waals surface area (Å²) >= 11 is 0. The van der Waals surface area contributed by atoms with Crippen molar-refractivity contribution in [3.63, 3.8) is 0 Å². The van der Waals surface area contributed by atoms with E-state index in [0.717, 1.165) is 23.6 Å². The minimum absolute atomic E-state index is 0.117. The number of anilines is 1. The van der Waals surface area contributed by atoms with Crippen molar-refractivity contribution in [1.29, 1.82) is 0 Å². The van der Waals surface area contributed by atoms with Crippen molar-refractivity contribution in [2.24, 2.45) is 5.92 Å². The monoisotopic (exact) mass is 266 g/mol. The quantitative estimate of drug-likeness (QED) is 0.850. The molecule has 1 atom stereocenters. The minimum atomic E-state index is -0.332. The molecule has 4 nitrogen and oxygen atoms in total. The molecule has 0 radical (unpaired) electrons. The van der Waals surface area contributed by atoms with Crippen molar-refractivity contribution in [1.82, 2.24) is 5.32 Å². The third-order valence-electron chi connectivity index (χ3n) is 4.07. The van der Waals surface area contributed by atoms with Crippen LogP contribution in [0.25, 0.3) is 10.8 Å². The van der Waals surface area contributed by atoms with E-state index in [4.69, 9.17) is 0 Å². The highest BCUT2D eigenvalue weighted by Gasteiger charge is 2.47. The first kappa shape index (κ1) is 11.5. The average Bonchev–Trinajstić information content (AvgIpc) is 3.25. The first-order chi connectivity index (χ1) is 9.75. The van der Waals surface area contributed by atoms with Crippen molar-refractivity contribution in [3.05, 3.63) is 42.5 Å². The Balaban J connectivity index is 1.82. The molecule has 2 aromatic carbocycles. The highest BCUT2D eigenvalue weighted by atomic mass is 16.2. The molecule has 4 rings (SSSR count). The predicted octanol–water partition coefficient (Wildman–Crippen LogP) is 2.67. The number of urea groups is 1. The first-order valence-electron chi connectivity index (χ1n) is 6.88. The minimum Gasteiger partial charge on any atom is -0.325 e. The van der Waals surface area contributed by atoms with Gasteiger partial charge in [-0.05, 0) is 30.2 Å². The van der Waals surface area contributed by atoms with E-state index in [1.807, 2.05) is 42.5 Å². The maximum Gasteiger partial charge on any atom is 0.329 e. The molecule has 1 aliphatic carbocycles. The van der Waals surface area contributed by atoms with Gasteiger partial charge in [0.25, 0.3) is 5.91 Å². The number of carbonyl (C=O) groups is 2. The second-order valence-corrected chi connectivity index (χ2v) is 5.44. The van der Waals surface area contributed by atoms with Crippen molar-refractivity contribution in [2.45, 2.75) is 18.9 Å². The topological polar surface area (TPSA) is 49.4 Å². The second kappa shape index (κ2) is 4.07. The zero-order chi connectivity index (χ0) is 13.7. The van der Waals surface area contributed by atoms with Gasteiger partial charge in [-0.2, -0.15) is 0 Å². The Hall–Kier alpha value is -2.36. The van der Waals surface area contributed by atoms with Gasteiger partial charge in [0, 0.05) is 5.39 Å². The van der Waals surface area contributed by atoms with Crippen LogP contribution in [0.3, 0.4) is 0 Å². The molecule has 2 fully saturated rings. The summed E-state index contributed by atoms with van der Waals surface area (Å²) in [6.07, 6.45) is 2.06. The average molecular weight is 266 g/mol. The molecule has 1 N–H and O–H groups in total. The molecule has 1 heterocycles. The molecule has 2 aliphatic rings. The molecule has 2 aromatic rings. The van der Waals surface area contributed by atoms with Gasteiger partial charge in [-0.15, -0.1) is 0 Å². The van der Waals surface area contributed by atoms with Gasteiger partial charge in [0.2, 0.25) is 0 Å². The zero-order valence-corrected chi connectivity index (χ0v) is 10.9. The molecule has 100 valence electrons. The second-order valence-electron chi connectivity index (χ2n) is 5.44. The molecule has 0 bridgehead atoms. The Morgan fingerprint density at radius 3 is 2.55 bits per heavy atom. The number of hydrogen-bond acceptors (Lipinski definition) is 2. The van der Waals surface area contributed by atoms with E-state index in [1.165, 1.54) is 4.90 Å². The van der Waals surface area contributed by atoms with E-state index in [0.29, 0.717) is 11.6 Å². The summed E-state index contributed by atoms with van der Waals surface area (Å²) in [7, 11) is 0. The maximum atomic E-state index is 12.5. The fourth-order valence-electron chi connectivity index (χ4n) is 2.88. The van der Waals surface area contributed by atoms with Gasteiger partial charge >= 0.3 is 6.03 Å². The normalized spacial score (nSPS) is 22.4. The number of rotatable bonds is 2. The van der Waals surface area contributed by atoms with Crippen LogP contribution in [0.4, 0.5) is 10.5 Å². The third-order valence-corrected chi connectivity index (χ3v) is 4.07. The third kappa shape index (κ3) is 1.61. The molecule has 1 aliphatic heterocycles. The van der Waals surface area contributed by atoms with Crippen molar-refractivity contribution >= 4 is 28.4 Å². The lowest BCUT2D eigenvalue weighted by Gasteiger charge is -2.15. The fraction of sp³-hybridized carbons (Fsp3) is 0.250. The lowest BCUT2D eigenvalue weighted by atomic mass is 10.1. The standard InChI is InChI=1S/C16H14N2O2/c19-15-14(11-8-9-11)17-16(20)18(15)13-7-3-5-10-4-1-2-6-12(10)13/h1-7,11,14H,8-9H2,(H,17,20)/t14-/m0/s1. The summed E-state index contributed by atoms with van der Waals surface area (Å²) < 4.78 is 0. The number of fused-ring (bicyclic) bond motifs is 1. The Morgan fingerprint density at radius 1 is 1.00 bits per heavy atom. The lowest BCUT2D eigenvalue weighted by Crippen LogP contribution is -2.32. The highest BCUT2D eigenvalue weighted by Crippen LogP contribution is 2.37. The van der Waals surface area contributed by atoms with E-state index in [-0.39, 0.29) is 18.0 Å². The van der Waals surface area contributed by atoms with E-state index in [9.17, 15) is 9.59 Å². The summed E-state index contributed by atoms with van der Waals surface area (Å²) in [5.74, 6) is 0.209. The van der Waals surface area contributed by atoms with Crippen molar-refractivity contribution in [3.8, 4) is 0 Å². The van der Waals surface area contributed by atoms with Crippen LogP contribution < -0.4 is 10.2 Å². The molecule has 1 saturated heterocycles. The summed E-state index contributed by atoms with van der Waals surface area (Å²) in [5, 5.41) is 4.77. The molecule has 0 spiro atoms. The van der Waals surface area contributed by atoms with Crippen LogP contribution in [0.2, 0.25) is 0 Å². The molecule has 4 heteroatoms. The molecule has 0 unspecified atom stereocenters. The fourth-order valence-corrected chi connectivity index (χ4v) is 2.88.